The lowest BCUT2D eigenvalue weighted by molar-refractivity contribution is 0.0928. The van der Waals surface area contributed by atoms with E-state index in [1.165, 1.54) is 12.1 Å². The second-order valence-electron chi connectivity index (χ2n) is 5.33. The summed E-state index contributed by atoms with van der Waals surface area (Å²) in [4.78, 5) is 12.3. The fourth-order valence-corrected chi connectivity index (χ4v) is 2.67. The van der Waals surface area contributed by atoms with Gasteiger partial charge < -0.3 is 9.73 Å². The molecule has 0 radical (unpaired) electrons. The monoisotopic (exact) mass is 331 g/mol. The SMILES string of the molecule is Cc1c(C(=O)NCCc2cccc(F)c2)oc2ccc(Cl)cc12. The first-order chi connectivity index (χ1) is 11.0. The fourth-order valence-electron chi connectivity index (χ4n) is 2.50. The van der Waals surface area contributed by atoms with Crippen LogP contribution in [0, 0.1) is 12.7 Å². The number of rotatable bonds is 4. The molecule has 0 fully saturated rings. The molecule has 1 N–H and O–H groups in total. The van der Waals surface area contributed by atoms with Crippen LogP contribution in [0.3, 0.4) is 0 Å². The molecule has 0 aliphatic heterocycles. The number of carbonyl (C=O) groups is 1. The molecule has 2 aromatic carbocycles. The van der Waals surface area contributed by atoms with E-state index in [1.807, 2.05) is 13.0 Å². The van der Waals surface area contributed by atoms with Crippen molar-refractivity contribution < 1.29 is 13.6 Å². The number of amides is 1. The Labute approximate surface area is 138 Å². The molecule has 3 nitrogen and oxygen atoms in total. The molecule has 3 rings (SSSR count). The summed E-state index contributed by atoms with van der Waals surface area (Å²) in [5, 5.41) is 4.22. The van der Waals surface area contributed by atoms with Crippen molar-refractivity contribution in [3.8, 4) is 0 Å². The lowest BCUT2D eigenvalue weighted by Gasteiger charge is -2.04. The van der Waals surface area contributed by atoms with Gasteiger partial charge in [-0.15, -0.1) is 0 Å². The second kappa shape index (κ2) is 6.42. The average molecular weight is 332 g/mol. The maximum absolute atomic E-state index is 13.1. The lowest BCUT2D eigenvalue weighted by atomic mass is 10.1. The van der Waals surface area contributed by atoms with E-state index in [0.717, 1.165) is 16.5 Å². The van der Waals surface area contributed by atoms with E-state index in [-0.39, 0.29) is 17.5 Å². The first-order valence-corrected chi connectivity index (χ1v) is 7.63. The first kappa shape index (κ1) is 15.6. The Kier molecular flexibility index (Phi) is 4.35. The number of aryl methyl sites for hydroxylation is 1. The number of hydrogen-bond acceptors (Lipinski definition) is 2. The van der Waals surface area contributed by atoms with Crippen molar-refractivity contribution in [1.82, 2.24) is 5.32 Å². The summed E-state index contributed by atoms with van der Waals surface area (Å²) in [6.07, 6.45) is 0.550. The molecule has 23 heavy (non-hydrogen) atoms. The highest BCUT2D eigenvalue weighted by Gasteiger charge is 2.17. The molecule has 1 aromatic heterocycles. The van der Waals surface area contributed by atoms with Gasteiger partial charge in [0, 0.05) is 22.5 Å². The smallest absolute Gasteiger partial charge is 0.287 e. The Balaban J connectivity index is 1.70. The van der Waals surface area contributed by atoms with Gasteiger partial charge in [-0.25, -0.2) is 4.39 Å². The molecule has 118 valence electrons. The molecule has 0 bridgehead atoms. The number of hydrogen-bond donors (Lipinski definition) is 1. The summed E-state index contributed by atoms with van der Waals surface area (Å²) in [5.41, 5.74) is 2.21. The van der Waals surface area contributed by atoms with Gasteiger partial charge >= 0.3 is 0 Å². The number of furan rings is 1. The maximum atomic E-state index is 13.1. The van der Waals surface area contributed by atoms with Crippen molar-refractivity contribution in [2.75, 3.05) is 6.54 Å². The van der Waals surface area contributed by atoms with Crippen LogP contribution in [-0.2, 0) is 6.42 Å². The standard InChI is InChI=1S/C18H15ClFNO2/c1-11-15-10-13(19)5-6-16(15)23-17(11)18(22)21-8-7-12-3-2-4-14(20)9-12/h2-6,9-10H,7-8H2,1H3,(H,21,22). The average Bonchev–Trinajstić information content (AvgIpc) is 2.84. The van der Waals surface area contributed by atoms with Gasteiger partial charge in [0.1, 0.15) is 11.4 Å². The molecule has 1 heterocycles. The zero-order chi connectivity index (χ0) is 16.4. The summed E-state index contributed by atoms with van der Waals surface area (Å²) in [6, 6.07) is 11.6. The molecule has 0 atom stereocenters. The van der Waals surface area contributed by atoms with Gasteiger partial charge in [-0.3, -0.25) is 4.79 Å². The Morgan fingerprint density at radius 3 is 2.87 bits per heavy atom. The van der Waals surface area contributed by atoms with Crippen molar-refractivity contribution in [3.05, 3.63) is 70.2 Å². The molecule has 0 saturated carbocycles. The zero-order valence-corrected chi connectivity index (χ0v) is 13.3. The summed E-state index contributed by atoms with van der Waals surface area (Å²) in [6.45, 7) is 2.23. The van der Waals surface area contributed by atoms with Crippen LogP contribution >= 0.6 is 11.6 Å². The lowest BCUT2D eigenvalue weighted by Crippen LogP contribution is -2.25. The zero-order valence-electron chi connectivity index (χ0n) is 12.5. The van der Waals surface area contributed by atoms with E-state index in [2.05, 4.69) is 5.32 Å². The Morgan fingerprint density at radius 2 is 2.09 bits per heavy atom. The summed E-state index contributed by atoms with van der Waals surface area (Å²) >= 11 is 5.97. The third-order valence-electron chi connectivity index (χ3n) is 3.69. The largest absolute Gasteiger partial charge is 0.451 e. The van der Waals surface area contributed by atoms with E-state index >= 15 is 0 Å². The van der Waals surface area contributed by atoms with Crippen molar-refractivity contribution in [1.29, 1.82) is 0 Å². The van der Waals surface area contributed by atoms with E-state index < -0.39 is 0 Å². The summed E-state index contributed by atoms with van der Waals surface area (Å²) in [5.74, 6) is -0.286. The van der Waals surface area contributed by atoms with Gasteiger partial charge in [-0.2, -0.15) is 0 Å². The molecule has 0 unspecified atom stereocenters. The second-order valence-corrected chi connectivity index (χ2v) is 5.77. The third kappa shape index (κ3) is 3.37. The van der Waals surface area contributed by atoms with Crippen molar-refractivity contribution in [2.45, 2.75) is 13.3 Å². The van der Waals surface area contributed by atoms with Crippen LogP contribution in [0.15, 0.2) is 46.9 Å². The van der Waals surface area contributed by atoms with Crippen molar-refractivity contribution in [2.24, 2.45) is 0 Å². The van der Waals surface area contributed by atoms with E-state index in [0.29, 0.717) is 23.6 Å². The molecule has 0 aliphatic rings. The van der Waals surface area contributed by atoms with Gasteiger partial charge in [-0.1, -0.05) is 23.7 Å². The van der Waals surface area contributed by atoms with Crippen LogP contribution in [-0.4, -0.2) is 12.5 Å². The van der Waals surface area contributed by atoms with E-state index in [1.54, 1.807) is 24.3 Å². The Morgan fingerprint density at radius 1 is 1.26 bits per heavy atom. The van der Waals surface area contributed by atoms with Crippen molar-refractivity contribution >= 4 is 28.5 Å². The summed E-state index contributed by atoms with van der Waals surface area (Å²) in [7, 11) is 0. The maximum Gasteiger partial charge on any atom is 0.287 e. The van der Waals surface area contributed by atoms with Crippen LogP contribution in [0.25, 0.3) is 11.0 Å². The fraction of sp³-hybridized carbons (Fsp3) is 0.167. The quantitative estimate of drug-likeness (QED) is 0.764. The number of carbonyl (C=O) groups excluding carboxylic acids is 1. The van der Waals surface area contributed by atoms with Gasteiger partial charge in [-0.05, 0) is 49.2 Å². The normalized spacial score (nSPS) is 10.9. The molecule has 3 aromatic rings. The number of fused-ring (bicyclic) bond motifs is 1. The molecule has 0 saturated heterocycles. The van der Waals surface area contributed by atoms with Crippen LogP contribution in [0.2, 0.25) is 5.02 Å². The minimum atomic E-state index is -0.286. The Hall–Kier alpha value is -2.33. The third-order valence-corrected chi connectivity index (χ3v) is 3.93. The van der Waals surface area contributed by atoms with Crippen LogP contribution in [0.4, 0.5) is 4.39 Å². The van der Waals surface area contributed by atoms with Crippen molar-refractivity contribution in [3.63, 3.8) is 0 Å². The van der Waals surface area contributed by atoms with Gasteiger partial charge in [0.25, 0.3) is 5.91 Å². The highest BCUT2D eigenvalue weighted by molar-refractivity contribution is 6.31. The molecule has 5 heteroatoms. The molecule has 0 spiro atoms. The highest BCUT2D eigenvalue weighted by Crippen LogP contribution is 2.27. The highest BCUT2D eigenvalue weighted by atomic mass is 35.5. The Bertz CT molecular complexity index is 873. The van der Waals surface area contributed by atoms with E-state index in [4.69, 9.17) is 16.0 Å². The topological polar surface area (TPSA) is 42.2 Å². The first-order valence-electron chi connectivity index (χ1n) is 7.26. The molecular weight excluding hydrogens is 317 g/mol. The predicted molar refractivity (Wildman–Crippen MR) is 88.4 cm³/mol. The number of nitrogens with one attached hydrogen (secondary N) is 1. The van der Waals surface area contributed by atoms with Crippen LogP contribution in [0.1, 0.15) is 21.7 Å². The minimum Gasteiger partial charge on any atom is -0.451 e. The summed E-state index contributed by atoms with van der Waals surface area (Å²) < 4.78 is 18.7. The number of halogens is 2. The molecule has 1 amide bonds. The van der Waals surface area contributed by atoms with E-state index in [9.17, 15) is 9.18 Å². The van der Waals surface area contributed by atoms with Gasteiger partial charge in [0.15, 0.2) is 5.76 Å². The molecule has 0 aliphatic carbocycles. The van der Waals surface area contributed by atoms with Gasteiger partial charge in [0.2, 0.25) is 0 Å². The van der Waals surface area contributed by atoms with Gasteiger partial charge in [0.05, 0.1) is 0 Å². The van der Waals surface area contributed by atoms with Crippen LogP contribution < -0.4 is 5.32 Å². The minimum absolute atomic E-state index is 0.279. The van der Waals surface area contributed by atoms with Crippen LogP contribution in [0.5, 0.6) is 0 Å². The predicted octanol–water partition coefficient (Wildman–Crippen LogP) is 4.51. The molecular formula is C18H15ClFNO2. The number of benzene rings is 2.